The Bertz CT molecular complexity index is 5070. The average molecular weight is 1860 g/mol. The number of rotatable bonds is 29. The minimum absolute atomic E-state index is 0.0191. The number of ether oxygens (including phenoxy) is 15. The average Bonchev–Trinajstić information content (AvgIpc) is 1.66. The van der Waals surface area contributed by atoms with Gasteiger partial charge in [-0.25, -0.2) is 27.2 Å². The molecule has 0 saturated carbocycles. The minimum atomic E-state index is -1.66. The molecule has 0 amide bonds. The predicted molar refractivity (Wildman–Crippen MR) is 451 cm³/mol. The van der Waals surface area contributed by atoms with E-state index in [0.717, 1.165) is 36.9 Å². The van der Waals surface area contributed by atoms with Crippen molar-refractivity contribution in [2.24, 2.45) is 0 Å². The van der Waals surface area contributed by atoms with Gasteiger partial charge >= 0.3 is 12.3 Å². The maximum absolute atomic E-state index is 14.7. The molecule has 4 fully saturated rings. The summed E-state index contributed by atoms with van der Waals surface area (Å²) >= 11 is 0. The smallest absolute Gasteiger partial charge is 0.497 e. The van der Waals surface area contributed by atoms with Gasteiger partial charge in [-0.2, -0.15) is 0 Å². The fraction of sp³-hybridized carbons (Fsp3) is 0.568. The van der Waals surface area contributed by atoms with Crippen molar-refractivity contribution in [3.05, 3.63) is 169 Å². The van der Waals surface area contributed by atoms with Gasteiger partial charge in [0.25, 0.3) is 0 Å². The summed E-state index contributed by atoms with van der Waals surface area (Å²) in [6.45, 7) is 22.4. The molecule has 4 saturated heterocycles. The number of carbonyl (C=O) groups excluding carboxylic acids is 2. The second-order valence-corrected chi connectivity index (χ2v) is 32.7. The Morgan fingerprint density at radius 1 is 0.359 bits per heavy atom. The summed E-state index contributed by atoms with van der Waals surface area (Å²) in [6.07, 6.45) is -30.3. The molecule has 4 aliphatic heterocycles. The molecule has 726 valence electrons. The molecule has 0 aliphatic carbocycles. The van der Waals surface area contributed by atoms with E-state index in [0.29, 0.717) is 68.1 Å². The van der Waals surface area contributed by atoms with E-state index in [2.05, 4.69) is 29.9 Å². The van der Waals surface area contributed by atoms with Gasteiger partial charge in [-0.15, -0.1) is 20.4 Å². The first-order chi connectivity index (χ1) is 61.9. The van der Waals surface area contributed by atoms with Gasteiger partial charge in [0.05, 0.1) is 48.8 Å². The number of hydrogen-bond donors (Lipinski definition) is 14. The topological polar surface area (TPSA) is 527 Å². The number of hydrogen-bond acceptors (Lipinski definition) is 35. The van der Waals surface area contributed by atoms with Gasteiger partial charge in [0.15, 0.2) is 11.6 Å². The normalized spacial score (nSPS) is 25.4. The summed E-state index contributed by atoms with van der Waals surface area (Å²) in [5, 5.41) is 159. The first kappa shape index (κ1) is 105. The van der Waals surface area contributed by atoms with Crippen molar-refractivity contribution in [2.45, 2.75) is 263 Å². The lowest BCUT2D eigenvalue weighted by Crippen LogP contribution is -2.60. The third kappa shape index (κ3) is 25.0. The highest BCUT2D eigenvalue weighted by Gasteiger charge is 2.50. The van der Waals surface area contributed by atoms with Crippen molar-refractivity contribution >= 4 is 12.3 Å². The summed E-state index contributed by atoms with van der Waals surface area (Å²) in [5.41, 5.74) is 8.10. The van der Waals surface area contributed by atoms with E-state index in [1.54, 1.807) is 69.0 Å². The number of aryl methyl sites for hydroxylation is 1. The lowest BCUT2D eigenvalue weighted by atomic mass is 9.99. The van der Waals surface area contributed by atoms with Crippen LogP contribution in [0.4, 0.5) is 27.2 Å². The second-order valence-electron chi connectivity index (χ2n) is 32.7. The zero-order chi connectivity index (χ0) is 96.8. The number of halogens is 4. The van der Waals surface area contributed by atoms with Crippen molar-refractivity contribution in [3.8, 4) is 40.8 Å². The minimum Gasteiger partial charge on any atom is -0.497 e. The molecule has 0 unspecified atom stereocenters. The Balaban J connectivity index is 0.000000197. The summed E-state index contributed by atoms with van der Waals surface area (Å²) in [4.78, 5) is 22.6. The van der Waals surface area contributed by atoms with Crippen LogP contribution in [0.15, 0.2) is 72.8 Å². The first-order valence-electron chi connectivity index (χ1n) is 42.1. The van der Waals surface area contributed by atoms with E-state index in [-0.39, 0.29) is 78.5 Å². The van der Waals surface area contributed by atoms with E-state index in [1.807, 2.05) is 82.2 Å². The number of aliphatic hydroxyl groups excluding tert-OH is 14. The molecule has 4 aromatic heterocycles. The predicted octanol–water partition coefficient (Wildman–Crippen LogP) is 4.64. The van der Waals surface area contributed by atoms with Crippen molar-refractivity contribution in [1.29, 1.82) is 0 Å². The van der Waals surface area contributed by atoms with E-state index in [1.165, 1.54) is 51.7 Å². The summed E-state index contributed by atoms with van der Waals surface area (Å²) in [7, 11) is 6.52. The Morgan fingerprint density at radius 2 is 0.649 bits per heavy atom. The molecule has 14 N–H and O–H groups in total. The molecule has 39 nitrogen and oxygen atoms in total. The molecule has 8 aromatic rings. The molecule has 12 rings (SSSR count). The summed E-state index contributed by atoms with van der Waals surface area (Å²) in [5.74, 6) is -0.412. The third-order valence-electron chi connectivity index (χ3n) is 22.4. The van der Waals surface area contributed by atoms with Crippen LogP contribution < -0.4 is 33.2 Å². The molecule has 4 aromatic carbocycles. The van der Waals surface area contributed by atoms with E-state index < -0.39 is 179 Å². The maximum atomic E-state index is 14.7. The molecule has 0 bridgehead atoms. The number of nitrogens with zero attached hydrogens (tertiary/aromatic N) is 8. The Kier molecular flexibility index (Phi) is 37.1. The zero-order valence-electron chi connectivity index (χ0n) is 75.7. The molecule has 131 heavy (non-hydrogen) atoms. The van der Waals surface area contributed by atoms with Crippen LogP contribution in [-0.2, 0) is 63.6 Å². The molecule has 8 heterocycles. The quantitative estimate of drug-likeness (QED) is 0.0224. The molecule has 0 spiro atoms. The van der Waals surface area contributed by atoms with E-state index in [4.69, 9.17) is 61.6 Å². The van der Waals surface area contributed by atoms with Crippen LogP contribution in [0.1, 0.15) is 152 Å². The van der Waals surface area contributed by atoms with Crippen LogP contribution in [0.2, 0.25) is 0 Å². The molecule has 43 heteroatoms. The molecule has 0 radical (unpaired) electrons. The van der Waals surface area contributed by atoms with Crippen LogP contribution in [0.5, 0.6) is 40.8 Å². The third-order valence-corrected chi connectivity index (χ3v) is 22.4. The monoisotopic (exact) mass is 1860 g/mol. The lowest BCUT2D eigenvalue weighted by molar-refractivity contribution is -0.278. The Morgan fingerprint density at radius 3 is 0.916 bits per heavy atom. The molecular weight excluding hydrogens is 1740 g/mol. The van der Waals surface area contributed by atoms with Crippen LogP contribution >= 0.6 is 0 Å². The molecule has 20 atom stereocenters. The fourth-order valence-electron chi connectivity index (χ4n) is 14.8. The van der Waals surface area contributed by atoms with Gasteiger partial charge in [-0.05, 0) is 148 Å². The standard InChI is InChI=1S/2C23H31FN2O9.C21H29FN2O7.C21H29FN2O6/c1-11(2)26-12(3)15(8-13-6-7-14(31-4)9-16(13)24)21(25-26)35-22-20(29)19(28)18(27)17(34-22)10-33-23(30)32-5;1-11(2)26-12(3)14(8-13-6-7-16(31-4)15(24)9-13)21(25-26)35-22-20(29)19(28)18(27)17(34-22)10-33-23(30)32-5;1-10(2)24-11(3)14(7-12-5-6-13(29-4)8-15(12)22)20(23-24)31-21-19(28)18(27)17(26)16(9-25)30-21;1-10(2)24-12(4)14(7-13-6-5-11(3)15(22)8-13)20(23-24)30-21-19(28)18(27)17(26)16(9-25)29-21/h2*6-7,9,11,17-20,22,27-29H,8,10H2,1-5H3;5-6,8,10,16-19,21,25-28H,7,9H2,1-4H3;5-6,8,10,16-19,21,25-28H,7,9H2,1-4H3/t2*17-,18-,19+,20-,22+;2*16-,17-,18+,19-,21+/m1111/s1. The zero-order valence-corrected chi connectivity index (χ0v) is 75.7. The number of benzene rings is 4. The Hall–Kier alpha value is -10.1. The van der Waals surface area contributed by atoms with Gasteiger partial charge in [0.1, 0.15) is 140 Å². The number of carbonyl (C=O) groups is 2. The van der Waals surface area contributed by atoms with Crippen LogP contribution in [-0.4, -0.2) is 308 Å². The maximum Gasteiger partial charge on any atom is 0.508 e. The van der Waals surface area contributed by atoms with Crippen molar-refractivity contribution in [1.82, 2.24) is 39.1 Å². The van der Waals surface area contributed by atoms with Crippen LogP contribution in [0, 0.1) is 57.9 Å². The van der Waals surface area contributed by atoms with Gasteiger partial charge in [0.2, 0.25) is 48.7 Å². The lowest BCUT2D eigenvalue weighted by Gasteiger charge is -2.39. The SMILES string of the molecule is COC(=O)OC[C@H]1O[C@@H](Oc2nn(C(C)C)c(C)c2Cc2ccc(OC)c(F)c2)[C@H](O)[C@@H](O)[C@@H]1O.COC(=O)OC[C@H]1O[C@@H](Oc2nn(C(C)C)c(C)c2Cc2ccc(OC)cc2F)[C@H](O)[C@@H](O)[C@@H]1O.COc1ccc(Cc2c(O[C@@H]3O[C@H](CO)[C@@H](O)[C@H](O)[C@H]3O)nn(C(C)C)c2C)c(F)c1.Cc1ccc(Cc2c(O[C@@H]3O[C@H](CO)[C@@H](O)[C@H](O)[C@H]3O)nn(C(C)C)c2C)cc1F. The highest BCUT2D eigenvalue weighted by molar-refractivity contribution is 5.60. The number of methoxy groups -OCH3 is 5. The second kappa shape index (κ2) is 46.5. The van der Waals surface area contributed by atoms with E-state index >= 15 is 0 Å². The first-order valence-corrected chi connectivity index (χ1v) is 42.1. The number of aromatic nitrogens is 8. The highest BCUT2D eigenvalue weighted by Crippen LogP contribution is 2.39. The van der Waals surface area contributed by atoms with Crippen LogP contribution in [0.25, 0.3) is 0 Å². The highest BCUT2D eigenvalue weighted by atomic mass is 19.1. The summed E-state index contributed by atoms with van der Waals surface area (Å²) < 4.78 is 143. The van der Waals surface area contributed by atoms with Crippen LogP contribution in [0.3, 0.4) is 0 Å². The Labute approximate surface area is 752 Å². The van der Waals surface area contributed by atoms with Gasteiger partial charge < -0.3 is 143 Å². The number of aliphatic hydroxyl groups is 14. The molecule has 4 aliphatic rings. The van der Waals surface area contributed by atoms with Crippen molar-refractivity contribution < 1.29 is 170 Å². The van der Waals surface area contributed by atoms with Crippen molar-refractivity contribution in [2.75, 3.05) is 62.0 Å². The fourth-order valence-corrected chi connectivity index (χ4v) is 14.8. The molecular formula is C88H120F4N8O31. The van der Waals surface area contributed by atoms with Gasteiger partial charge in [-0.3, -0.25) is 18.7 Å². The van der Waals surface area contributed by atoms with E-state index in [9.17, 15) is 98.6 Å². The summed E-state index contributed by atoms with van der Waals surface area (Å²) in [6, 6.07) is 18.5. The van der Waals surface area contributed by atoms with Crippen molar-refractivity contribution in [3.63, 3.8) is 0 Å². The van der Waals surface area contributed by atoms with Gasteiger partial charge in [0, 0.05) is 107 Å². The largest absolute Gasteiger partial charge is 0.508 e. The van der Waals surface area contributed by atoms with Gasteiger partial charge in [-0.1, -0.05) is 30.3 Å².